The topological polar surface area (TPSA) is 49.3 Å². The van der Waals surface area contributed by atoms with E-state index >= 15 is 0 Å². The van der Waals surface area contributed by atoms with Crippen LogP contribution in [0.4, 0.5) is 0 Å². The van der Waals surface area contributed by atoms with Crippen LogP contribution in [-0.2, 0) is 24.1 Å². The molecule has 2 fully saturated rings. The summed E-state index contributed by atoms with van der Waals surface area (Å²) in [6.45, 7) is 7.37. The number of hydrogen-bond donors (Lipinski definition) is 0. The van der Waals surface area contributed by atoms with Crippen LogP contribution in [0.15, 0.2) is 0 Å². The van der Waals surface area contributed by atoms with E-state index in [1.54, 1.807) is 0 Å². The molecule has 25 heavy (non-hydrogen) atoms. The van der Waals surface area contributed by atoms with E-state index in [2.05, 4.69) is 23.6 Å². The van der Waals surface area contributed by atoms with Gasteiger partial charge in [-0.2, -0.15) is 0 Å². The molecule has 3 heterocycles. The van der Waals surface area contributed by atoms with E-state index in [-0.39, 0.29) is 0 Å². The monoisotopic (exact) mass is 342 g/mol. The molecular formula is C20H30N4O. The SMILES string of the molecule is CCCN1CC[C@H]2[C@@H]1CC(=O)N2CCc1nc(C)c2c(n1)CCCC2. The third-order valence-corrected chi connectivity index (χ3v) is 6.25. The van der Waals surface area contributed by atoms with Crippen LogP contribution in [0.25, 0.3) is 0 Å². The molecule has 1 aliphatic carbocycles. The quantitative estimate of drug-likeness (QED) is 0.824. The average Bonchev–Trinajstić information content (AvgIpc) is 3.12. The number of likely N-dealkylation sites (tertiary alicyclic amines) is 2. The molecule has 2 saturated heterocycles. The van der Waals surface area contributed by atoms with Gasteiger partial charge < -0.3 is 4.90 Å². The number of fused-ring (bicyclic) bond motifs is 2. The maximum absolute atomic E-state index is 12.5. The Labute approximate surface area is 150 Å². The summed E-state index contributed by atoms with van der Waals surface area (Å²) in [7, 11) is 0. The van der Waals surface area contributed by atoms with Crippen LogP contribution < -0.4 is 0 Å². The maximum Gasteiger partial charge on any atom is 0.224 e. The molecule has 4 rings (SSSR count). The highest BCUT2D eigenvalue weighted by Gasteiger charge is 2.45. The molecule has 0 saturated carbocycles. The van der Waals surface area contributed by atoms with Gasteiger partial charge in [-0.25, -0.2) is 9.97 Å². The average molecular weight is 342 g/mol. The summed E-state index contributed by atoms with van der Waals surface area (Å²) in [5.41, 5.74) is 3.79. The van der Waals surface area contributed by atoms with Crippen LogP contribution in [0.2, 0.25) is 0 Å². The minimum Gasteiger partial charge on any atom is -0.338 e. The molecule has 0 bridgehead atoms. The van der Waals surface area contributed by atoms with Crippen LogP contribution in [0.1, 0.15) is 61.8 Å². The summed E-state index contributed by atoms with van der Waals surface area (Å²) in [6.07, 6.45) is 8.50. The highest BCUT2D eigenvalue weighted by Crippen LogP contribution is 2.32. The first-order valence-electron chi connectivity index (χ1n) is 10.1. The van der Waals surface area contributed by atoms with Crippen molar-refractivity contribution in [2.24, 2.45) is 0 Å². The van der Waals surface area contributed by atoms with E-state index in [0.717, 1.165) is 56.8 Å². The summed E-state index contributed by atoms with van der Waals surface area (Å²) in [5.74, 6) is 1.25. The van der Waals surface area contributed by atoms with Crippen LogP contribution in [0.3, 0.4) is 0 Å². The zero-order valence-corrected chi connectivity index (χ0v) is 15.6. The third kappa shape index (κ3) is 3.19. The van der Waals surface area contributed by atoms with E-state index < -0.39 is 0 Å². The Morgan fingerprint density at radius 1 is 1.12 bits per heavy atom. The van der Waals surface area contributed by atoms with E-state index in [9.17, 15) is 4.79 Å². The van der Waals surface area contributed by atoms with Crippen molar-refractivity contribution < 1.29 is 4.79 Å². The normalized spacial score (nSPS) is 26.2. The van der Waals surface area contributed by atoms with Crippen LogP contribution in [0, 0.1) is 6.92 Å². The Morgan fingerprint density at radius 3 is 2.80 bits per heavy atom. The van der Waals surface area contributed by atoms with Gasteiger partial charge in [-0.1, -0.05) is 6.92 Å². The van der Waals surface area contributed by atoms with Crippen molar-refractivity contribution in [2.45, 2.75) is 77.3 Å². The highest BCUT2D eigenvalue weighted by atomic mass is 16.2. The summed E-state index contributed by atoms with van der Waals surface area (Å²) in [6, 6.07) is 0.858. The fraction of sp³-hybridized carbons (Fsp3) is 0.750. The molecule has 0 aromatic carbocycles. The molecule has 3 aliphatic rings. The number of carbonyl (C=O) groups excluding carboxylic acids is 1. The molecule has 5 nitrogen and oxygen atoms in total. The van der Waals surface area contributed by atoms with Gasteiger partial charge in [0, 0.05) is 49.4 Å². The van der Waals surface area contributed by atoms with Crippen LogP contribution >= 0.6 is 0 Å². The summed E-state index contributed by atoms with van der Waals surface area (Å²) >= 11 is 0. The van der Waals surface area contributed by atoms with Crippen molar-refractivity contribution in [3.63, 3.8) is 0 Å². The fourth-order valence-corrected chi connectivity index (χ4v) is 5.04. The summed E-state index contributed by atoms with van der Waals surface area (Å²) in [4.78, 5) is 26.7. The second-order valence-electron chi connectivity index (χ2n) is 7.86. The third-order valence-electron chi connectivity index (χ3n) is 6.25. The lowest BCUT2D eigenvalue weighted by atomic mass is 9.95. The molecular weight excluding hydrogens is 312 g/mol. The highest BCUT2D eigenvalue weighted by molar-refractivity contribution is 5.80. The predicted octanol–water partition coefficient (Wildman–Crippen LogP) is 2.29. The fourth-order valence-electron chi connectivity index (χ4n) is 5.04. The van der Waals surface area contributed by atoms with E-state index in [0.29, 0.717) is 24.4 Å². The smallest absolute Gasteiger partial charge is 0.224 e. The second-order valence-corrected chi connectivity index (χ2v) is 7.86. The summed E-state index contributed by atoms with van der Waals surface area (Å²) in [5, 5.41) is 0. The standard InChI is InChI=1S/C20H30N4O/c1-3-10-23-11-8-17-18(23)13-20(25)24(17)12-9-19-21-14(2)15-6-4-5-7-16(15)22-19/h17-18H,3-13H2,1-2H3/t17-,18-/m0/s1. The number of amides is 1. The van der Waals surface area contributed by atoms with Crippen LogP contribution in [-0.4, -0.2) is 57.4 Å². The first-order chi connectivity index (χ1) is 12.2. The van der Waals surface area contributed by atoms with Crippen LogP contribution in [0.5, 0.6) is 0 Å². The van der Waals surface area contributed by atoms with E-state index in [1.165, 1.54) is 30.5 Å². The molecule has 1 aromatic heterocycles. The number of nitrogens with zero attached hydrogens (tertiary/aromatic N) is 4. The van der Waals surface area contributed by atoms with Gasteiger partial charge >= 0.3 is 0 Å². The van der Waals surface area contributed by atoms with Crippen molar-refractivity contribution >= 4 is 5.91 Å². The van der Waals surface area contributed by atoms with Crippen molar-refractivity contribution in [1.29, 1.82) is 0 Å². The predicted molar refractivity (Wildman–Crippen MR) is 97.5 cm³/mol. The zero-order valence-electron chi connectivity index (χ0n) is 15.6. The van der Waals surface area contributed by atoms with E-state index in [4.69, 9.17) is 9.97 Å². The lowest BCUT2D eigenvalue weighted by Crippen LogP contribution is -2.38. The molecule has 0 spiro atoms. The Morgan fingerprint density at radius 2 is 1.96 bits per heavy atom. The largest absolute Gasteiger partial charge is 0.338 e. The zero-order chi connectivity index (χ0) is 17.4. The lowest BCUT2D eigenvalue weighted by molar-refractivity contribution is -0.129. The molecule has 2 aliphatic heterocycles. The minimum absolute atomic E-state index is 0.325. The molecule has 2 atom stereocenters. The molecule has 0 radical (unpaired) electrons. The maximum atomic E-state index is 12.5. The number of aryl methyl sites for hydroxylation is 2. The van der Waals surface area contributed by atoms with Crippen molar-refractivity contribution in [1.82, 2.24) is 19.8 Å². The first-order valence-corrected chi connectivity index (χ1v) is 10.1. The second kappa shape index (κ2) is 7.02. The van der Waals surface area contributed by atoms with Crippen molar-refractivity contribution in [3.8, 4) is 0 Å². The number of rotatable bonds is 5. The number of aromatic nitrogens is 2. The molecule has 0 unspecified atom stereocenters. The Hall–Kier alpha value is -1.49. The minimum atomic E-state index is 0.325. The van der Waals surface area contributed by atoms with Gasteiger partial charge in [0.2, 0.25) is 5.91 Å². The molecule has 1 aromatic rings. The van der Waals surface area contributed by atoms with Gasteiger partial charge in [-0.15, -0.1) is 0 Å². The van der Waals surface area contributed by atoms with Gasteiger partial charge in [0.1, 0.15) is 5.82 Å². The molecule has 1 amide bonds. The molecule has 0 N–H and O–H groups in total. The van der Waals surface area contributed by atoms with Gasteiger partial charge in [0.15, 0.2) is 0 Å². The first kappa shape index (κ1) is 17.0. The Kier molecular flexibility index (Phi) is 4.76. The van der Waals surface area contributed by atoms with Gasteiger partial charge in [0.05, 0.1) is 0 Å². The van der Waals surface area contributed by atoms with Crippen molar-refractivity contribution in [2.75, 3.05) is 19.6 Å². The Balaban J connectivity index is 1.43. The summed E-state index contributed by atoms with van der Waals surface area (Å²) < 4.78 is 0. The number of carbonyl (C=O) groups is 1. The van der Waals surface area contributed by atoms with Gasteiger partial charge in [0.25, 0.3) is 0 Å². The molecule has 136 valence electrons. The lowest BCUT2D eigenvalue weighted by Gasteiger charge is -2.25. The van der Waals surface area contributed by atoms with Gasteiger partial charge in [-0.05, 0) is 57.6 Å². The van der Waals surface area contributed by atoms with Crippen molar-refractivity contribution in [3.05, 3.63) is 22.8 Å². The Bertz CT molecular complexity index is 659. The van der Waals surface area contributed by atoms with Gasteiger partial charge in [-0.3, -0.25) is 9.69 Å². The van der Waals surface area contributed by atoms with E-state index in [1.807, 2.05) is 0 Å². The number of hydrogen-bond acceptors (Lipinski definition) is 4. The molecule has 5 heteroatoms.